The summed E-state index contributed by atoms with van der Waals surface area (Å²) in [7, 11) is 0. The second kappa shape index (κ2) is 4.92. The third kappa shape index (κ3) is 2.34. The van der Waals surface area contributed by atoms with Crippen molar-refractivity contribution in [1.29, 1.82) is 0 Å². The SMILES string of the molecule is Cl.NC[C@H](N)c1cccnc1N. The van der Waals surface area contributed by atoms with Crippen LogP contribution in [-0.4, -0.2) is 11.5 Å². The number of halogens is 1. The Hall–Kier alpha value is -0.840. The van der Waals surface area contributed by atoms with Crippen molar-refractivity contribution in [2.45, 2.75) is 6.04 Å². The number of hydrogen-bond acceptors (Lipinski definition) is 4. The average molecular weight is 189 g/mol. The lowest BCUT2D eigenvalue weighted by atomic mass is 10.1. The van der Waals surface area contributed by atoms with Gasteiger partial charge in [-0.15, -0.1) is 12.4 Å². The Bertz CT molecular complexity index is 241. The monoisotopic (exact) mass is 188 g/mol. The molecule has 0 bridgehead atoms. The van der Waals surface area contributed by atoms with Gasteiger partial charge < -0.3 is 17.2 Å². The molecule has 1 aromatic rings. The predicted octanol–water partition coefficient (Wildman–Crippen LogP) is 0.0441. The second-order valence-electron chi connectivity index (χ2n) is 2.32. The van der Waals surface area contributed by atoms with Gasteiger partial charge in [0.2, 0.25) is 0 Å². The highest BCUT2D eigenvalue weighted by atomic mass is 35.5. The highest BCUT2D eigenvalue weighted by Gasteiger charge is 2.06. The lowest BCUT2D eigenvalue weighted by Gasteiger charge is -2.09. The van der Waals surface area contributed by atoms with Gasteiger partial charge >= 0.3 is 0 Å². The summed E-state index contributed by atoms with van der Waals surface area (Å²) in [6, 6.07) is 3.42. The smallest absolute Gasteiger partial charge is 0.128 e. The first-order chi connectivity index (χ1) is 5.25. The van der Waals surface area contributed by atoms with Crippen LogP contribution in [0.2, 0.25) is 0 Å². The first-order valence-electron chi connectivity index (χ1n) is 3.41. The highest BCUT2D eigenvalue weighted by molar-refractivity contribution is 5.85. The molecule has 4 nitrogen and oxygen atoms in total. The molecule has 0 amide bonds. The zero-order chi connectivity index (χ0) is 8.27. The maximum atomic E-state index is 5.65. The van der Waals surface area contributed by atoms with Crippen molar-refractivity contribution >= 4 is 18.2 Å². The van der Waals surface area contributed by atoms with Crippen LogP contribution in [0.5, 0.6) is 0 Å². The molecule has 1 aromatic heterocycles. The van der Waals surface area contributed by atoms with Crippen LogP contribution in [0, 0.1) is 0 Å². The minimum absolute atomic E-state index is 0. The van der Waals surface area contributed by atoms with Crippen molar-refractivity contribution in [2.75, 3.05) is 12.3 Å². The lowest BCUT2D eigenvalue weighted by molar-refractivity contribution is 0.736. The topological polar surface area (TPSA) is 91.0 Å². The summed E-state index contributed by atoms with van der Waals surface area (Å²) in [6.07, 6.45) is 1.63. The van der Waals surface area contributed by atoms with Crippen molar-refractivity contribution in [3.05, 3.63) is 23.9 Å². The molecule has 1 atom stereocenters. The molecule has 0 saturated heterocycles. The van der Waals surface area contributed by atoms with Gasteiger partial charge in [-0.25, -0.2) is 4.98 Å². The Morgan fingerprint density at radius 3 is 2.67 bits per heavy atom. The van der Waals surface area contributed by atoms with Gasteiger partial charge in [0.15, 0.2) is 0 Å². The van der Waals surface area contributed by atoms with Gasteiger partial charge in [0.25, 0.3) is 0 Å². The molecule has 6 N–H and O–H groups in total. The minimum Gasteiger partial charge on any atom is -0.383 e. The molecule has 0 aliphatic rings. The normalized spacial score (nSPS) is 11.8. The van der Waals surface area contributed by atoms with Gasteiger partial charge in [-0.05, 0) is 6.07 Å². The highest BCUT2D eigenvalue weighted by Crippen LogP contribution is 2.13. The summed E-state index contributed by atoms with van der Waals surface area (Å²) in [5.41, 5.74) is 17.4. The minimum atomic E-state index is -0.205. The van der Waals surface area contributed by atoms with Crippen molar-refractivity contribution in [3.63, 3.8) is 0 Å². The summed E-state index contributed by atoms with van der Waals surface area (Å²) < 4.78 is 0. The Morgan fingerprint density at radius 2 is 2.17 bits per heavy atom. The number of nitrogens with zero attached hydrogens (tertiary/aromatic N) is 1. The van der Waals surface area contributed by atoms with Crippen molar-refractivity contribution < 1.29 is 0 Å². The summed E-state index contributed by atoms with van der Waals surface area (Å²) >= 11 is 0. The summed E-state index contributed by atoms with van der Waals surface area (Å²) in [6.45, 7) is 0.385. The molecule has 0 saturated carbocycles. The molecular weight excluding hydrogens is 176 g/mol. The number of anilines is 1. The zero-order valence-corrected chi connectivity index (χ0v) is 7.42. The van der Waals surface area contributed by atoms with E-state index >= 15 is 0 Å². The first-order valence-corrected chi connectivity index (χ1v) is 3.41. The molecule has 5 heteroatoms. The second-order valence-corrected chi connectivity index (χ2v) is 2.32. The van der Waals surface area contributed by atoms with E-state index < -0.39 is 0 Å². The number of pyridine rings is 1. The van der Waals surface area contributed by atoms with Crippen LogP contribution in [0.4, 0.5) is 5.82 Å². The van der Waals surface area contributed by atoms with Gasteiger partial charge in [0, 0.05) is 24.3 Å². The number of rotatable bonds is 2. The van der Waals surface area contributed by atoms with Gasteiger partial charge in [0.1, 0.15) is 5.82 Å². The van der Waals surface area contributed by atoms with Crippen LogP contribution in [-0.2, 0) is 0 Å². The Balaban J connectivity index is 0.00000121. The molecular formula is C7H13ClN4. The van der Waals surface area contributed by atoms with Gasteiger partial charge in [-0.2, -0.15) is 0 Å². The molecule has 1 heterocycles. The van der Waals surface area contributed by atoms with Crippen LogP contribution >= 0.6 is 12.4 Å². The van der Waals surface area contributed by atoms with Crippen molar-refractivity contribution in [2.24, 2.45) is 11.5 Å². The van der Waals surface area contributed by atoms with Gasteiger partial charge in [-0.3, -0.25) is 0 Å². The summed E-state index contributed by atoms with van der Waals surface area (Å²) in [5, 5.41) is 0. The van der Waals surface area contributed by atoms with Crippen molar-refractivity contribution in [1.82, 2.24) is 4.98 Å². The molecule has 0 aliphatic carbocycles. The Kier molecular flexibility index (Phi) is 4.58. The van der Waals surface area contributed by atoms with E-state index in [1.54, 1.807) is 12.3 Å². The Morgan fingerprint density at radius 1 is 1.50 bits per heavy atom. The zero-order valence-electron chi connectivity index (χ0n) is 6.60. The molecule has 68 valence electrons. The summed E-state index contributed by atoms with van der Waals surface area (Å²) in [5.74, 6) is 0.463. The van der Waals surface area contributed by atoms with Crippen LogP contribution in [0.3, 0.4) is 0 Å². The number of aromatic nitrogens is 1. The number of hydrogen-bond donors (Lipinski definition) is 3. The van der Waals surface area contributed by atoms with Crippen LogP contribution in [0.1, 0.15) is 11.6 Å². The molecule has 0 fully saturated rings. The van der Waals surface area contributed by atoms with Crippen LogP contribution in [0.15, 0.2) is 18.3 Å². The van der Waals surface area contributed by atoms with E-state index in [2.05, 4.69) is 4.98 Å². The van der Waals surface area contributed by atoms with E-state index in [0.29, 0.717) is 12.4 Å². The molecule has 0 aliphatic heterocycles. The summed E-state index contributed by atoms with van der Waals surface area (Å²) in [4.78, 5) is 3.89. The van der Waals surface area contributed by atoms with Gasteiger partial charge in [-0.1, -0.05) is 6.07 Å². The molecule has 12 heavy (non-hydrogen) atoms. The van der Waals surface area contributed by atoms with Crippen LogP contribution in [0.25, 0.3) is 0 Å². The third-order valence-corrected chi connectivity index (χ3v) is 1.52. The molecule has 1 rings (SSSR count). The number of nitrogens with two attached hydrogens (primary N) is 3. The molecule has 0 unspecified atom stereocenters. The Labute approximate surface area is 77.6 Å². The lowest BCUT2D eigenvalue weighted by Crippen LogP contribution is -2.22. The van der Waals surface area contributed by atoms with Crippen LogP contribution < -0.4 is 17.2 Å². The quantitative estimate of drug-likeness (QED) is 0.612. The fourth-order valence-electron chi connectivity index (χ4n) is 0.870. The average Bonchev–Trinajstić information content (AvgIpc) is 2.04. The van der Waals surface area contributed by atoms with E-state index in [0.717, 1.165) is 5.56 Å². The molecule has 0 aromatic carbocycles. The van der Waals surface area contributed by atoms with E-state index in [1.807, 2.05) is 6.07 Å². The maximum Gasteiger partial charge on any atom is 0.128 e. The van der Waals surface area contributed by atoms with E-state index in [9.17, 15) is 0 Å². The van der Waals surface area contributed by atoms with Gasteiger partial charge in [0.05, 0.1) is 0 Å². The maximum absolute atomic E-state index is 5.65. The molecule has 0 radical (unpaired) electrons. The standard InChI is InChI=1S/C7H12N4.ClH/c8-4-6(9)5-2-1-3-11-7(5)10;/h1-3,6H,4,8-9H2,(H2,10,11);1H/t6-;/m0./s1. The number of nitrogen functional groups attached to an aromatic ring is 1. The fraction of sp³-hybridized carbons (Fsp3) is 0.286. The van der Waals surface area contributed by atoms with E-state index in [1.165, 1.54) is 0 Å². The predicted molar refractivity (Wildman–Crippen MR) is 51.9 cm³/mol. The fourth-order valence-corrected chi connectivity index (χ4v) is 0.870. The molecule has 0 spiro atoms. The van der Waals surface area contributed by atoms with E-state index in [4.69, 9.17) is 17.2 Å². The third-order valence-electron chi connectivity index (χ3n) is 1.52. The first kappa shape index (κ1) is 11.2. The van der Waals surface area contributed by atoms with Crippen molar-refractivity contribution in [3.8, 4) is 0 Å². The largest absolute Gasteiger partial charge is 0.383 e. The van der Waals surface area contributed by atoms with E-state index in [-0.39, 0.29) is 18.4 Å².